The van der Waals surface area contributed by atoms with E-state index in [0.717, 1.165) is 12.1 Å². The Kier molecular flexibility index (Phi) is 4.01. The lowest BCUT2D eigenvalue weighted by atomic mass is 9.87. The minimum absolute atomic E-state index is 0.00856. The smallest absolute Gasteiger partial charge is 0.306 e. The molecular formula is C14H15F2NO3. The van der Waals surface area contributed by atoms with Crippen molar-refractivity contribution in [2.75, 3.05) is 13.1 Å². The van der Waals surface area contributed by atoms with Gasteiger partial charge in [-0.25, -0.2) is 8.78 Å². The predicted molar refractivity (Wildman–Crippen MR) is 66.9 cm³/mol. The average Bonchev–Trinajstić information content (AvgIpc) is 2.31. The van der Waals surface area contributed by atoms with E-state index in [1.807, 2.05) is 0 Å². The molecule has 1 heterocycles. The van der Waals surface area contributed by atoms with Gasteiger partial charge in [0.15, 0.2) is 11.6 Å². The number of hydrogen-bond acceptors (Lipinski definition) is 2. The van der Waals surface area contributed by atoms with E-state index in [-0.39, 0.29) is 18.2 Å². The van der Waals surface area contributed by atoms with Gasteiger partial charge in [0.2, 0.25) is 5.91 Å². The molecule has 1 aromatic rings. The van der Waals surface area contributed by atoms with E-state index < -0.39 is 23.5 Å². The molecule has 0 aliphatic carbocycles. The molecule has 1 aliphatic rings. The number of halogens is 2. The van der Waals surface area contributed by atoms with Crippen LogP contribution in [-0.2, 0) is 16.0 Å². The number of aliphatic carboxylic acids is 1. The zero-order chi connectivity index (χ0) is 14.9. The minimum atomic E-state index is -0.976. The van der Waals surface area contributed by atoms with Gasteiger partial charge in [0.05, 0.1) is 12.3 Å². The summed E-state index contributed by atoms with van der Waals surface area (Å²) in [5, 5.41) is 8.85. The van der Waals surface area contributed by atoms with E-state index in [0.29, 0.717) is 18.7 Å². The molecule has 1 aromatic carbocycles. The van der Waals surface area contributed by atoms with Crippen molar-refractivity contribution in [1.82, 2.24) is 4.90 Å². The second-order valence-corrected chi connectivity index (χ2v) is 5.11. The molecular weight excluding hydrogens is 268 g/mol. The third-order valence-electron chi connectivity index (χ3n) is 3.70. The van der Waals surface area contributed by atoms with Crippen LogP contribution in [-0.4, -0.2) is 35.0 Å². The zero-order valence-corrected chi connectivity index (χ0v) is 11.0. The van der Waals surface area contributed by atoms with Gasteiger partial charge in [-0.1, -0.05) is 13.0 Å². The Morgan fingerprint density at radius 3 is 2.55 bits per heavy atom. The van der Waals surface area contributed by atoms with Crippen LogP contribution in [0.25, 0.3) is 0 Å². The maximum Gasteiger partial charge on any atom is 0.306 e. The number of benzene rings is 1. The van der Waals surface area contributed by atoms with Crippen LogP contribution in [0.1, 0.15) is 12.5 Å². The van der Waals surface area contributed by atoms with E-state index in [4.69, 9.17) is 5.11 Å². The summed E-state index contributed by atoms with van der Waals surface area (Å²) >= 11 is 0. The number of carbonyl (C=O) groups excluding carboxylic acids is 1. The highest BCUT2D eigenvalue weighted by Gasteiger charge is 2.36. The summed E-state index contributed by atoms with van der Waals surface area (Å²) in [6, 6.07) is 3.36. The molecule has 4 nitrogen and oxygen atoms in total. The van der Waals surface area contributed by atoms with Gasteiger partial charge in [0.1, 0.15) is 0 Å². The van der Waals surface area contributed by atoms with Gasteiger partial charge in [-0.05, 0) is 17.7 Å². The molecule has 20 heavy (non-hydrogen) atoms. The Labute approximate surface area is 115 Å². The number of carboxylic acid groups (broad SMARTS) is 1. The van der Waals surface area contributed by atoms with Gasteiger partial charge < -0.3 is 10.0 Å². The van der Waals surface area contributed by atoms with Crippen molar-refractivity contribution in [1.29, 1.82) is 0 Å². The number of likely N-dealkylation sites (tertiary alicyclic amines) is 1. The predicted octanol–water partition coefficient (Wildman–Crippen LogP) is 1.69. The fourth-order valence-electron chi connectivity index (χ4n) is 2.17. The molecule has 2 rings (SSSR count). The monoisotopic (exact) mass is 283 g/mol. The molecule has 0 bridgehead atoms. The quantitative estimate of drug-likeness (QED) is 0.914. The van der Waals surface area contributed by atoms with Crippen LogP contribution in [0.2, 0.25) is 0 Å². The van der Waals surface area contributed by atoms with Crippen LogP contribution >= 0.6 is 0 Å². The first-order valence-corrected chi connectivity index (χ1v) is 6.33. The van der Waals surface area contributed by atoms with Gasteiger partial charge in [-0.2, -0.15) is 0 Å². The summed E-state index contributed by atoms with van der Waals surface area (Å²) in [7, 11) is 0. The molecule has 6 heteroatoms. The summed E-state index contributed by atoms with van der Waals surface area (Å²) < 4.78 is 25.8. The second-order valence-electron chi connectivity index (χ2n) is 5.11. The second kappa shape index (κ2) is 5.56. The molecule has 0 aromatic heterocycles. The normalized spacial score (nSPS) is 16.6. The lowest BCUT2D eigenvalue weighted by molar-refractivity contribution is -0.150. The lowest BCUT2D eigenvalue weighted by Crippen LogP contribution is -2.53. The third kappa shape index (κ3) is 2.95. The average molecular weight is 283 g/mol. The Morgan fingerprint density at radius 1 is 1.35 bits per heavy atom. The first-order chi connectivity index (χ1) is 9.38. The number of carbonyl (C=O) groups is 2. The van der Waals surface area contributed by atoms with E-state index in [1.54, 1.807) is 6.92 Å². The lowest BCUT2D eigenvalue weighted by Gasteiger charge is -2.41. The van der Waals surface area contributed by atoms with E-state index in [2.05, 4.69) is 0 Å². The van der Waals surface area contributed by atoms with Gasteiger partial charge in [0.25, 0.3) is 0 Å². The highest BCUT2D eigenvalue weighted by molar-refractivity contribution is 5.80. The fraction of sp³-hybridized carbons (Fsp3) is 0.429. The molecule has 1 atom stereocenters. The summed E-state index contributed by atoms with van der Waals surface area (Å²) in [6.45, 7) is 2.41. The molecule has 1 fully saturated rings. The zero-order valence-electron chi connectivity index (χ0n) is 11.0. The van der Waals surface area contributed by atoms with Gasteiger partial charge in [-0.3, -0.25) is 9.59 Å². The first kappa shape index (κ1) is 14.4. The third-order valence-corrected chi connectivity index (χ3v) is 3.70. The number of amides is 1. The molecule has 108 valence electrons. The van der Waals surface area contributed by atoms with Crippen molar-refractivity contribution in [2.45, 2.75) is 13.3 Å². The van der Waals surface area contributed by atoms with E-state index in [9.17, 15) is 18.4 Å². The molecule has 0 spiro atoms. The van der Waals surface area contributed by atoms with Gasteiger partial charge in [0, 0.05) is 19.0 Å². The summed E-state index contributed by atoms with van der Waals surface area (Å²) in [5.41, 5.74) is 0.406. The standard InChI is InChI=1S/C14H15F2NO3/c1-8(14(19)20)10-6-17(7-10)13(18)5-9-2-3-11(15)12(16)4-9/h2-4,8,10H,5-7H2,1H3,(H,19,20). The Bertz CT molecular complexity index is 541. The van der Waals surface area contributed by atoms with Crippen molar-refractivity contribution in [3.63, 3.8) is 0 Å². The maximum atomic E-state index is 13.0. The molecule has 0 radical (unpaired) electrons. The minimum Gasteiger partial charge on any atom is -0.481 e. The number of hydrogen-bond donors (Lipinski definition) is 1. The molecule has 1 unspecified atom stereocenters. The van der Waals surface area contributed by atoms with Crippen LogP contribution in [0, 0.1) is 23.5 Å². The highest BCUT2D eigenvalue weighted by atomic mass is 19.2. The van der Waals surface area contributed by atoms with Crippen LogP contribution in [0.15, 0.2) is 18.2 Å². The number of rotatable bonds is 4. The maximum absolute atomic E-state index is 13.0. The fourth-order valence-corrected chi connectivity index (χ4v) is 2.17. The van der Waals surface area contributed by atoms with E-state index >= 15 is 0 Å². The van der Waals surface area contributed by atoms with Crippen LogP contribution < -0.4 is 0 Å². The molecule has 1 aliphatic heterocycles. The summed E-state index contributed by atoms with van der Waals surface area (Å²) in [4.78, 5) is 24.2. The van der Waals surface area contributed by atoms with Crippen LogP contribution in [0.4, 0.5) is 8.78 Å². The van der Waals surface area contributed by atoms with Gasteiger partial charge in [-0.15, -0.1) is 0 Å². The summed E-state index contributed by atoms with van der Waals surface area (Å²) in [5.74, 6) is -3.52. The largest absolute Gasteiger partial charge is 0.481 e. The van der Waals surface area contributed by atoms with Crippen LogP contribution in [0.5, 0.6) is 0 Å². The van der Waals surface area contributed by atoms with Crippen molar-refractivity contribution < 1.29 is 23.5 Å². The summed E-state index contributed by atoms with van der Waals surface area (Å²) in [6.07, 6.45) is -0.00856. The molecule has 1 N–H and O–H groups in total. The number of nitrogens with zero attached hydrogens (tertiary/aromatic N) is 1. The van der Waals surface area contributed by atoms with Crippen molar-refractivity contribution in [3.8, 4) is 0 Å². The van der Waals surface area contributed by atoms with Crippen molar-refractivity contribution in [2.24, 2.45) is 11.8 Å². The van der Waals surface area contributed by atoms with Crippen LogP contribution in [0.3, 0.4) is 0 Å². The molecule has 1 amide bonds. The topological polar surface area (TPSA) is 57.6 Å². The molecule has 1 saturated heterocycles. The van der Waals surface area contributed by atoms with E-state index in [1.165, 1.54) is 11.0 Å². The first-order valence-electron chi connectivity index (χ1n) is 6.33. The SMILES string of the molecule is CC(C(=O)O)C1CN(C(=O)Cc2ccc(F)c(F)c2)C1. The van der Waals surface area contributed by atoms with Crippen molar-refractivity contribution in [3.05, 3.63) is 35.4 Å². The molecule has 0 saturated carbocycles. The highest BCUT2D eigenvalue weighted by Crippen LogP contribution is 2.24. The van der Waals surface area contributed by atoms with Crippen molar-refractivity contribution >= 4 is 11.9 Å². The Morgan fingerprint density at radius 2 is 2.00 bits per heavy atom. The Hall–Kier alpha value is -1.98. The van der Waals surface area contributed by atoms with Gasteiger partial charge >= 0.3 is 5.97 Å². The number of carboxylic acids is 1. The Balaban J connectivity index is 1.88.